The van der Waals surface area contributed by atoms with Crippen LogP contribution in [0.4, 0.5) is 0 Å². The molecule has 2 heterocycles. The Balaban J connectivity index is 1.90. The summed E-state index contributed by atoms with van der Waals surface area (Å²) < 4.78 is 35.3. The Kier molecular flexibility index (Phi) is 5.15. The van der Waals surface area contributed by atoms with Gasteiger partial charge in [-0.2, -0.15) is 4.31 Å². The molecule has 136 valence electrons. The topological polar surface area (TPSA) is 64.4 Å². The molecule has 0 saturated carbocycles. The van der Waals surface area contributed by atoms with Crippen LogP contribution in [0.15, 0.2) is 35.5 Å². The van der Waals surface area contributed by atoms with Crippen molar-refractivity contribution in [2.45, 2.75) is 44.0 Å². The number of benzene rings is 1. The minimum Gasteiger partial charge on any atom is -0.495 e. The zero-order chi connectivity index (χ0) is 18.0. The summed E-state index contributed by atoms with van der Waals surface area (Å²) in [5, 5.41) is 0. The van der Waals surface area contributed by atoms with Crippen LogP contribution in [0.5, 0.6) is 5.75 Å². The van der Waals surface area contributed by atoms with E-state index in [9.17, 15) is 8.42 Å². The number of aryl methyl sites for hydroxylation is 2. The van der Waals surface area contributed by atoms with Crippen LogP contribution < -0.4 is 4.74 Å². The molecule has 1 fully saturated rings. The maximum Gasteiger partial charge on any atom is 0.246 e. The van der Waals surface area contributed by atoms with Crippen molar-refractivity contribution >= 4 is 10.0 Å². The van der Waals surface area contributed by atoms with Crippen molar-refractivity contribution in [2.75, 3.05) is 20.2 Å². The Hall–Kier alpha value is -1.86. The molecule has 0 spiro atoms. The number of nitrogens with zero attached hydrogens (tertiary/aromatic N) is 3. The Morgan fingerprint density at radius 3 is 2.88 bits per heavy atom. The van der Waals surface area contributed by atoms with Crippen LogP contribution in [0.2, 0.25) is 0 Å². The third-order valence-electron chi connectivity index (χ3n) is 4.77. The van der Waals surface area contributed by atoms with Crippen LogP contribution >= 0.6 is 0 Å². The van der Waals surface area contributed by atoms with Crippen LogP contribution in [-0.4, -0.2) is 42.5 Å². The fourth-order valence-corrected chi connectivity index (χ4v) is 5.11. The van der Waals surface area contributed by atoms with Crippen LogP contribution in [0.25, 0.3) is 0 Å². The number of ether oxygens (including phenoxy) is 1. The summed E-state index contributed by atoms with van der Waals surface area (Å²) in [4.78, 5) is 4.70. The van der Waals surface area contributed by atoms with E-state index in [0.717, 1.165) is 30.8 Å². The lowest BCUT2D eigenvalue weighted by molar-refractivity contribution is 0.303. The zero-order valence-electron chi connectivity index (χ0n) is 15.0. The number of aromatic nitrogens is 2. The summed E-state index contributed by atoms with van der Waals surface area (Å²) in [7, 11) is -2.09. The van der Waals surface area contributed by atoms with Gasteiger partial charge in [0.25, 0.3) is 0 Å². The minimum atomic E-state index is -3.59. The first-order chi connectivity index (χ1) is 12.0. The number of hydrogen-bond acceptors (Lipinski definition) is 4. The summed E-state index contributed by atoms with van der Waals surface area (Å²) in [6, 6.07) is 5.21. The predicted octanol–water partition coefficient (Wildman–Crippen LogP) is 2.79. The van der Waals surface area contributed by atoms with Crippen molar-refractivity contribution in [2.24, 2.45) is 0 Å². The van der Waals surface area contributed by atoms with Crippen LogP contribution in [0.3, 0.4) is 0 Å². The summed E-state index contributed by atoms with van der Waals surface area (Å²) in [6.45, 7) is 5.81. The Labute approximate surface area is 149 Å². The smallest absolute Gasteiger partial charge is 0.246 e. The van der Waals surface area contributed by atoms with Crippen molar-refractivity contribution in [3.63, 3.8) is 0 Å². The van der Waals surface area contributed by atoms with E-state index >= 15 is 0 Å². The van der Waals surface area contributed by atoms with Crippen molar-refractivity contribution in [1.82, 2.24) is 13.9 Å². The molecule has 0 aliphatic carbocycles. The van der Waals surface area contributed by atoms with E-state index in [1.807, 2.05) is 13.1 Å². The highest BCUT2D eigenvalue weighted by molar-refractivity contribution is 7.89. The van der Waals surface area contributed by atoms with Gasteiger partial charge in [0.1, 0.15) is 16.5 Å². The van der Waals surface area contributed by atoms with Crippen LogP contribution in [0.1, 0.15) is 37.1 Å². The lowest BCUT2D eigenvalue weighted by Crippen LogP contribution is -2.39. The number of imidazole rings is 1. The van der Waals surface area contributed by atoms with E-state index in [0.29, 0.717) is 18.8 Å². The van der Waals surface area contributed by atoms with Crippen molar-refractivity contribution < 1.29 is 13.2 Å². The zero-order valence-corrected chi connectivity index (χ0v) is 15.8. The van der Waals surface area contributed by atoms with Crippen molar-refractivity contribution in [1.29, 1.82) is 0 Å². The van der Waals surface area contributed by atoms with Crippen molar-refractivity contribution in [3.8, 4) is 5.75 Å². The van der Waals surface area contributed by atoms with Gasteiger partial charge in [-0.1, -0.05) is 6.07 Å². The Morgan fingerprint density at radius 1 is 1.36 bits per heavy atom. The summed E-state index contributed by atoms with van der Waals surface area (Å²) in [5.41, 5.74) is 0.970. The average molecular weight is 363 g/mol. The van der Waals surface area contributed by atoms with E-state index in [1.54, 1.807) is 28.7 Å². The number of piperidine rings is 1. The standard InChI is InChI=1S/C18H25N3O3S/c1-4-20-11-9-19-18(20)15-6-5-10-21(13-15)25(22,23)17-8-7-14(2)12-16(17)24-3/h7-9,11-12,15H,4-6,10,13H2,1-3H3/t15-/m1/s1. The lowest BCUT2D eigenvalue weighted by atomic mass is 9.99. The van der Waals surface area contributed by atoms with E-state index in [2.05, 4.69) is 16.5 Å². The number of methoxy groups -OCH3 is 1. The fourth-order valence-electron chi connectivity index (χ4n) is 3.45. The molecule has 1 aromatic carbocycles. The van der Waals surface area contributed by atoms with Gasteiger partial charge in [-0.05, 0) is 44.4 Å². The molecule has 1 atom stereocenters. The average Bonchev–Trinajstić information content (AvgIpc) is 3.10. The molecule has 0 unspecified atom stereocenters. The second kappa shape index (κ2) is 7.17. The molecule has 1 aliphatic rings. The van der Waals surface area contributed by atoms with Gasteiger partial charge in [-0.25, -0.2) is 13.4 Å². The van der Waals surface area contributed by atoms with E-state index in [-0.39, 0.29) is 10.8 Å². The van der Waals surface area contributed by atoms with Gasteiger partial charge in [0.05, 0.1) is 7.11 Å². The second-order valence-corrected chi connectivity index (χ2v) is 8.33. The molecule has 3 rings (SSSR count). The molecule has 1 aliphatic heterocycles. The van der Waals surface area contributed by atoms with Crippen LogP contribution in [-0.2, 0) is 16.6 Å². The first kappa shape index (κ1) is 17.9. The molecule has 6 nitrogen and oxygen atoms in total. The predicted molar refractivity (Wildman–Crippen MR) is 96.4 cm³/mol. The van der Waals surface area contributed by atoms with Gasteiger partial charge in [-0.3, -0.25) is 0 Å². The highest BCUT2D eigenvalue weighted by atomic mass is 32.2. The molecular formula is C18H25N3O3S. The molecule has 0 radical (unpaired) electrons. The van der Waals surface area contributed by atoms with Gasteiger partial charge in [0.2, 0.25) is 10.0 Å². The molecule has 7 heteroatoms. The largest absolute Gasteiger partial charge is 0.495 e. The molecule has 1 saturated heterocycles. The lowest BCUT2D eigenvalue weighted by Gasteiger charge is -2.32. The molecule has 1 aromatic heterocycles. The Bertz CT molecular complexity index is 845. The first-order valence-corrected chi connectivity index (χ1v) is 10.1. The fraction of sp³-hybridized carbons (Fsp3) is 0.500. The molecule has 0 amide bonds. The normalized spacial score (nSPS) is 19.1. The Morgan fingerprint density at radius 2 is 2.16 bits per heavy atom. The molecule has 25 heavy (non-hydrogen) atoms. The molecular weight excluding hydrogens is 338 g/mol. The highest BCUT2D eigenvalue weighted by Crippen LogP contribution is 2.33. The van der Waals surface area contributed by atoms with E-state index in [4.69, 9.17) is 4.74 Å². The quantitative estimate of drug-likeness (QED) is 0.819. The van der Waals surface area contributed by atoms with Gasteiger partial charge < -0.3 is 9.30 Å². The second-order valence-electron chi connectivity index (χ2n) is 6.43. The molecule has 2 aromatic rings. The maximum absolute atomic E-state index is 13.2. The molecule has 0 N–H and O–H groups in total. The summed E-state index contributed by atoms with van der Waals surface area (Å²) >= 11 is 0. The van der Waals surface area contributed by atoms with Gasteiger partial charge in [0, 0.05) is 37.9 Å². The molecule has 0 bridgehead atoms. The van der Waals surface area contributed by atoms with Gasteiger partial charge >= 0.3 is 0 Å². The monoisotopic (exact) mass is 363 g/mol. The minimum absolute atomic E-state index is 0.120. The van der Waals surface area contributed by atoms with Gasteiger partial charge in [-0.15, -0.1) is 0 Å². The van der Waals surface area contributed by atoms with E-state index < -0.39 is 10.0 Å². The third kappa shape index (κ3) is 3.43. The van der Waals surface area contributed by atoms with Crippen LogP contribution in [0, 0.1) is 6.92 Å². The van der Waals surface area contributed by atoms with Gasteiger partial charge in [0.15, 0.2) is 0 Å². The first-order valence-electron chi connectivity index (χ1n) is 8.63. The maximum atomic E-state index is 13.2. The summed E-state index contributed by atoms with van der Waals surface area (Å²) in [5.74, 6) is 1.49. The summed E-state index contributed by atoms with van der Waals surface area (Å²) in [6.07, 6.45) is 5.52. The number of rotatable bonds is 5. The number of hydrogen-bond donors (Lipinski definition) is 0. The SMILES string of the molecule is CCn1ccnc1[C@@H]1CCCN(S(=O)(=O)c2ccc(C)cc2OC)C1. The van der Waals surface area contributed by atoms with E-state index in [1.165, 1.54) is 7.11 Å². The highest BCUT2D eigenvalue weighted by Gasteiger charge is 2.34. The third-order valence-corrected chi connectivity index (χ3v) is 6.68. The number of sulfonamides is 1. The van der Waals surface area contributed by atoms with Crippen molar-refractivity contribution in [3.05, 3.63) is 42.0 Å².